The Hall–Kier alpha value is -2.91. The van der Waals surface area contributed by atoms with Gasteiger partial charge in [0.1, 0.15) is 5.82 Å². The monoisotopic (exact) mass is 592 g/mol. The molecule has 2 nitrogen and oxygen atoms in total. The third-order valence-corrected chi connectivity index (χ3v) is 9.13. The predicted octanol–water partition coefficient (Wildman–Crippen LogP) is 8.71. The molecule has 1 saturated carbocycles. The summed E-state index contributed by atoms with van der Waals surface area (Å²) in [7, 11) is 0. The number of piperidine rings is 1. The second-order valence-electron chi connectivity index (χ2n) is 11.8. The lowest BCUT2D eigenvalue weighted by Gasteiger charge is -2.46. The SMILES string of the molecule is Fc1ccc(C2CCN([C@H]3CC[C@@](CNCc4cc(C(F)(F)F)cc(C(F)(F)F)c4)(c4ccccc4)CC3)CC2)cc1. The average molecular weight is 593 g/mol. The maximum Gasteiger partial charge on any atom is 0.416 e. The molecule has 2 aliphatic rings. The van der Waals surface area contributed by atoms with Crippen molar-refractivity contribution in [2.75, 3.05) is 19.6 Å². The lowest BCUT2D eigenvalue weighted by atomic mass is 9.67. The maximum absolute atomic E-state index is 13.3. The van der Waals surface area contributed by atoms with Crippen molar-refractivity contribution in [2.45, 2.75) is 74.8 Å². The van der Waals surface area contributed by atoms with Crippen LogP contribution in [0.4, 0.5) is 30.7 Å². The van der Waals surface area contributed by atoms with Crippen molar-refractivity contribution in [3.8, 4) is 0 Å². The molecule has 1 aliphatic heterocycles. The molecule has 5 rings (SSSR count). The molecule has 1 N–H and O–H groups in total. The van der Waals surface area contributed by atoms with Gasteiger partial charge < -0.3 is 10.2 Å². The number of hydrogen-bond donors (Lipinski definition) is 1. The van der Waals surface area contributed by atoms with Gasteiger partial charge in [-0.05, 0) is 105 Å². The minimum absolute atomic E-state index is 0.0435. The van der Waals surface area contributed by atoms with Crippen LogP contribution >= 0.6 is 0 Å². The highest BCUT2D eigenvalue weighted by atomic mass is 19.4. The van der Waals surface area contributed by atoms with Crippen molar-refractivity contribution in [1.29, 1.82) is 0 Å². The Labute approximate surface area is 241 Å². The highest BCUT2D eigenvalue weighted by molar-refractivity contribution is 5.34. The van der Waals surface area contributed by atoms with Crippen LogP contribution < -0.4 is 5.32 Å². The molecule has 1 saturated heterocycles. The van der Waals surface area contributed by atoms with Gasteiger partial charge in [-0.25, -0.2) is 4.39 Å². The van der Waals surface area contributed by atoms with Crippen LogP contribution in [0.2, 0.25) is 0 Å². The molecule has 0 amide bonds. The summed E-state index contributed by atoms with van der Waals surface area (Å²) >= 11 is 0. The van der Waals surface area contributed by atoms with E-state index in [1.165, 1.54) is 17.7 Å². The van der Waals surface area contributed by atoms with Gasteiger partial charge in [0.05, 0.1) is 11.1 Å². The number of nitrogens with zero attached hydrogens (tertiary/aromatic N) is 1. The van der Waals surface area contributed by atoms with E-state index in [0.717, 1.165) is 69.3 Å². The van der Waals surface area contributed by atoms with Gasteiger partial charge in [0.25, 0.3) is 0 Å². The van der Waals surface area contributed by atoms with Gasteiger partial charge in [-0.3, -0.25) is 0 Å². The lowest BCUT2D eigenvalue weighted by molar-refractivity contribution is -0.143. The van der Waals surface area contributed by atoms with Crippen molar-refractivity contribution < 1.29 is 30.7 Å². The molecular formula is C33H35F7N2. The summed E-state index contributed by atoms with van der Waals surface area (Å²) in [5.74, 6) is 0.197. The van der Waals surface area contributed by atoms with E-state index in [9.17, 15) is 30.7 Å². The second-order valence-corrected chi connectivity index (χ2v) is 11.8. The predicted molar refractivity (Wildman–Crippen MR) is 148 cm³/mol. The van der Waals surface area contributed by atoms with Gasteiger partial charge in [-0.15, -0.1) is 0 Å². The van der Waals surface area contributed by atoms with Gasteiger partial charge in [0.15, 0.2) is 0 Å². The Bertz CT molecular complexity index is 1270. The Morgan fingerprint density at radius 3 is 1.86 bits per heavy atom. The highest BCUT2D eigenvalue weighted by Gasteiger charge is 2.40. The van der Waals surface area contributed by atoms with Crippen LogP contribution in [0.3, 0.4) is 0 Å². The van der Waals surface area contributed by atoms with Gasteiger partial charge >= 0.3 is 12.4 Å². The first kappa shape index (κ1) is 30.5. The zero-order chi connectivity index (χ0) is 30.0. The molecular weight excluding hydrogens is 557 g/mol. The van der Waals surface area contributed by atoms with E-state index in [1.54, 1.807) is 0 Å². The Balaban J connectivity index is 1.24. The Morgan fingerprint density at radius 2 is 1.31 bits per heavy atom. The largest absolute Gasteiger partial charge is 0.416 e. The van der Waals surface area contributed by atoms with E-state index in [-0.39, 0.29) is 29.4 Å². The second kappa shape index (κ2) is 12.4. The summed E-state index contributed by atoms with van der Waals surface area (Å²) in [4.78, 5) is 2.55. The minimum atomic E-state index is -4.87. The average Bonchev–Trinajstić information content (AvgIpc) is 2.97. The van der Waals surface area contributed by atoms with Crippen LogP contribution in [0.1, 0.15) is 72.3 Å². The number of likely N-dealkylation sites (tertiary alicyclic amines) is 1. The van der Waals surface area contributed by atoms with Crippen molar-refractivity contribution in [2.24, 2.45) is 0 Å². The smallest absolute Gasteiger partial charge is 0.312 e. The molecule has 0 aromatic heterocycles. The van der Waals surface area contributed by atoms with Gasteiger partial charge in [-0.2, -0.15) is 26.3 Å². The van der Waals surface area contributed by atoms with Gasteiger partial charge in [0.2, 0.25) is 0 Å². The summed E-state index contributed by atoms with van der Waals surface area (Å²) in [6, 6.07) is 18.9. The molecule has 0 atom stereocenters. The molecule has 0 spiro atoms. The van der Waals surface area contributed by atoms with E-state index in [4.69, 9.17) is 0 Å². The van der Waals surface area contributed by atoms with Crippen LogP contribution in [-0.4, -0.2) is 30.6 Å². The molecule has 3 aromatic carbocycles. The molecule has 9 heteroatoms. The summed E-state index contributed by atoms with van der Waals surface area (Å²) in [6.45, 7) is 2.30. The zero-order valence-electron chi connectivity index (χ0n) is 23.2. The number of halogens is 7. The summed E-state index contributed by atoms with van der Waals surface area (Å²) in [5.41, 5.74) is -0.592. The quantitative estimate of drug-likeness (QED) is 0.276. The van der Waals surface area contributed by atoms with Crippen LogP contribution in [-0.2, 0) is 24.3 Å². The fraction of sp³-hybridized carbons (Fsp3) is 0.455. The van der Waals surface area contributed by atoms with E-state index >= 15 is 0 Å². The highest BCUT2D eigenvalue weighted by Crippen LogP contribution is 2.42. The number of benzene rings is 3. The normalized spacial score (nSPS) is 22.8. The van der Waals surface area contributed by atoms with Crippen molar-refractivity contribution in [3.05, 3.63) is 106 Å². The Kier molecular flexibility index (Phi) is 8.99. The summed E-state index contributed by atoms with van der Waals surface area (Å²) in [5, 5.41) is 3.22. The fourth-order valence-electron chi connectivity index (χ4n) is 6.78. The van der Waals surface area contributed by atoms with Crippen LogP contribution in [0.5, 0.6) is 0 Å². The zero-order valence-corrected chi connectivity index (χ0v) is 23.2. The van der Waals surface area contributed by atoms with Crippen molar-refractivity contribution >= 4 is 0 Å². The standard InChI is InChI=1S/C33H35F7N2/c34-29-8-6-24(7-9-29)25-12-16-42(17-13-25)30-10-14-31(15-11-30,26-4-2-1-3-5-26)22-41-21-23-18-27(32(35,36)37)20-28(19-23)33(38,39)40/h1-9,18-20,25,30,41H,10-17,21-22H2/t30-,31+. The van der Waals surface area contributed by atoms with Crippen molar-refractivity contribution in [3.63, 3.8) is 0 Å². The summed E-state index contributed by atoms with van der Waals surface area (Å²) < 4.78 is 93.4. The number of nitrogens with one attached hydrogen (secondary N) is 1. The third-order valence-electron chi connectivity index (χ3n) is 9.13. The molecule has 1 aliphatic carbocycles. The van der Waals surface area contributed by atoms with Crippen LogP contribution in [0.25, 0.3) is 0 Å². The van der Waals surface area contributed by atoms with E-state index < -0.39 is 23.5 Å². The minimum Gasteiger partial charge on any atom is -0.312 e. The lowest BCUT2D eigenvalue weighted by Crippen LogP contribution is -2.48. The number of hydrogen-bond acceptors (Lipinski definition) is 2. The molecule has 3 aromatic rings. The topological polar surface area (TPSA) is 15.3 Å². The first-order chi connectivity index (χ1) is 19.9. The third kappa shape index (κ3) is 7.17. The maximum atomic E-state index is 13.3. The van der Waals surface area contributed by atoms with Crippen LogP contribution in [0.15, 0.2) is 72.8 Å². The molecule has 0 unspecified atom stereocenters. The van der Waals surface area contributed by atoms with Gasteiger partial charge in [0, 0.05) is 24.5 Å². The first-order valence-electron chi connectivity index (χ1n) is 14.5. The summed E-state index contributed by atoms with van der Waals surface area (Å²) in [6.07, 6.45) is -4.06. The van der Waals surface area contributed by atoms with Crippen molar-refractivity contribution in [1.82, 2.24) is 10.2 Å². The number of alkyl halides is 6. The van der Waals surface area contributed by atoms with E-state index in [0.29, 0.717) is 18.5 Å². The van der Waals surface area contributed by atoms with Gasteiger partial charge in [-0.1, -0.05) is 42.5 Å². The number of rotatable bonds is 7. The molecule has 42 heavy (non-hydrogen) atoms. The molecule has 0 bridgehead atoms. The molecule has 226 valence electrons. The molecule has 2 fully saturated rings. The van der Waals surface area contributed by atoms with Crippen LogP contribution in [0, 0.1) is 5.82 Å². The molecule has 1 heterocycles. The van der Waals surface area contributed by atoms with E-state index in [2.05, 4.69) is 22.3 Å². The Morgan fingerprint density at radius 1 is 0.738 bits per heavy atom. The fourth-order valence-corrected chi connectivity index (χ4v) is 6.78. The first-order valence-corrected chi connectivity index (χ1v) is 14.5. The molecule has 0 radical (unpaired) electrons. The van der Waals surface area contributed by atoms with E-state index in [1.807, 2.05) is 30.3 Å².